The minimum absolute atomic E-state index is 0.0396. The summed E-state index contributed by atoms with van der Waals surface area (Å²) in [6.45, 7) is 8.94. The summed E-state index contributed by atoms with van der Waals surface area (Å²) in [6, 6.07) is 9.08. The number of nitrogens with two attached hydrogens (primary N) is 2. The zero-order valence-electron chi connectivity index (χ0n) is 21.8. The number of benzene rings is 2. The molecule has 0 fully saturated rings. The number of nitrogens with zero attached hydrogens (tertiary/aromatic N) is 1. The van der Waals surface area contributed by atoms with Crippen molar-refractivity contribution in [3.8, 4) is 0 Å². The van der Waals surface area contributed by atoms with E-state index in [0.717, 1.165) is 23.8 Å². The SMILES string of the molecule is CC.CCCNc1ccc(F)cc1C1N=C(c2ccccc2C(F)(F)F)NC(CC)=C1CCN.CN. The van der Waals surface area contributed by atoms with E-state index in [1.807, 2.05) is 27.7 Å². The van der Waals surface area contributed by atoms with Crippen molar-refractivity contribution >= 4 is 11.5 Å². The molecule has 2 aromatic rings. The van der Waals surface area contributed by atoms with Gasteiger partial charge in [0.25, 0.3) is 0 Å². The molecule has 0 aliphatic carbocycles. The van der Waals surface area contributed by atoms with Gasteiger partial charge in [0.1, 0.15) is 17.7 Å². The molecule has 9 heteroatoms. The highest BCUT2D eigenvalue weighted by atomic mass is 19.4. The summed E-state index contributed by atoms with van der Waals surface area (Å²) < 4.78 is 55.3. The number of rotatable bonds is 8. The third kappa shape index (κ3) is 7.80. The Morgan fingerprint density at radius 2 is 1.72 bits per heavy atom. The molecular formula is C27H39F4N5. The Hall–Kier alpha value is -2.91. The first kappa shape index (κ1) is 31.1. The maximum absolute atomic E-state index is 14.3. The quantitative estimate of drug-likeness (QED) is 0.311. The zero-order chi connectivity index (χ0) is 27.3. The second kappa shape index (κ2) is 15.3. The van der Waals surface area contributed by atoms with Crippen LogP contribution >= 0.6 is 0 Å². The van der Waals surface area contributed by atoms with Crippen LogP contribution in [0.2, 0.25) is 0 Å². The number of hydrogen-bond donors (Lipinski definition) is 4. The van der Waals surface area contributed by atoms with E-state index in [-0.39, 0.29) is 11.4 Å². The Kier molecular flexibility index (Phi) is 13.2. The van der Waals surface area contributed by atoms with Crippen LogP contribution in [0.3, 0.4) is 0 Å². The number of anilines is 1. The van der Waals surface area contributed by atoms with Crippen LogP contribution in [0.25, 0.3) is 0 Å². The first-order valence-corrected chi connectivity index (χ1v) is 12.3. The van der Waals surface area contributed by atoms with E-state index in [9.17, 15) is 17.6 Å². The Morgan fingerprint density at radius 3 is 2.31 bits per heavy atom. The molecule has 3 rings (SSSR count). The molecule has 1 aliphatic rings. The predicted octanol–water partition coefficient (Wildman–Crippen LogP) is 6.37. The number of alkyl halides is 3. The summed E-state index contributed by atoms with van der Waals surface area (Å²) in [6.07, 6.45) is -2.63. The second-order valence-corrected chi connectivity index (χ2v) is 7.60. The van der Waals surface area contributed by atoms with Crippen molar-refractivity contribution in [2.75, 3.05) is 25.5 Å². The lowest BCUT2D eigenvalue weighted by Gasteiger charge is -2.30. The van der Waals surface area contributed by atoms with Crippen molar-refractivity contribution in [2.45, 2.75) is 59.2 Å². The van der Waals surface area contributed by atoms with E-state index in [4.69, 9.17) is 5.73 Å². The Bertz CT molecular complexity index is 1020. The maximum Gasteiger partial charge on any atom is 0.417 e. The molecular weight excluding hydrogens is 470 g/mol. The van der Waals surface area contributed by atoms with Gasteiger partial charge in [-0.15, -0.1) is 0 Å². The van der Waals surface area contributed by atoms with E-state index in [1.165, 1.54) is 31.3 Å². The molecule has 0 saturated carbocycles. The molecule has 2 aromatic carbocycles. The van der Waals surface area contributed by atoms with Crippen LogP contribution in [-0.2, 0) is 6.18 Å². The van der Waals surface area contributed by atoms with Gasteiger partial charge in [-0.3, -0.25) is 4.99 Å². The van der Waals surface area contributed by atoms with Gasteiger partial charge in [-0.2, -0.15) is 13.2 Å². The monoisotopic (exact) mass is 509 g/mol. The van der Waals surface area contributed by atoms with Crippen LogP contribution in [0, 0.1) is 5.82 Å². The summed E-state index contributed by atoms with van der Waals surface area (Å²) in [5.41, 5.74) is 12.4. The molecule has 1 heterocycles. The van der Waals surface area contributed by atoms with Crippen LogP contribution in [0.1, 0.15) is 69.7 Å². The summed E-state index contributed by atoms with van der Waals surface area (Å²) in [5, 5.41) is 6.39. The fraction of sp³-hybridized carbons (Fsp3) is 0.444. The van der Waals surface area contributed by atoms with Gasteiger partial charge >= 0.3 is 6.18 Å². The molecule has 6 N–H and O–H groups in total. The third-order valence-electron chi connectivity index (χ3n) is 5.37. The lowest BCUT2D eigenvalue weighted by Crippen LogP contribution is -2.33. The molecule has 36 heavy (non-hydrogen) atoms. The summed E-state index contributed by atoms with van der Waals surface area (Å²) >= 11 is 0. The topological polar surface area (TPSA) is 88.5 Å². The first-order chi connectivity index (χ1) is 17.3. The van der Waals surface area contributed by atoms with Crippen molar-refractivity contribution in [3.05, 3.63) is 76.2 Å². The van der Waals surface area contributed by atoms with E-state index in [2.05, 4.69) is 21.4 Å². The molecule has 0 spiro atoms. The van der Waals surface area contributed by atoms with Gasteiger partial charge in [0.15, 0.2) is 0 Å². The second-order valence-electron chi connectivity index (χ2n) is 7.60. The molecule has 0 amide bonds. The largest absolute Gasteiger partial charge is 0.417 e. The smallest absolute Gasteiger partial charge is 0.385 e. The molecule has 1 atom stereocenters. The van der Waals surface area contributed by atoms with E-state index >= 15 is 0 Å². The van der Waals surface area contributed by atoms with Crippen molar-refractivity contribution in [1.29, 1.82) is 0 Å². The third-order valence-corrected chi connectivity index (χ3v) is 5.37. The molecule has 200 valence electrons. The number of hydrogen-bond acceptors (Lipinski definition) is 5. The Morgan fingerprint density at radius 1 is 1.06 bits per heavy atom. The van der Waals surface area contributed by atoms with E-state index < -0.39 is 23.6 Å². The van der Waals surface area contributed by atoms with Crippen molar-refractivity contribution < 1.29 is 17.6 Å². The number of allylic oxidation sites excluding steroid dienone is 1. The summed E-state index contributed by atoms with van der Waals surface area (Å²) in [7, 11) is 1.50. The van der Waals surface area contributed by atoms with Crippen molar-refractivity contribution in [1.82, 2.24) is 5.32 Å². The van der Waals surface area contributed by atoms with Gasteiger partial charge in [-0.05, 0) is 62.7 Å². The van der Waals surface area contributed by atoms with Crippen LogP contribution < -0.4 is 22.1 Å². The number of nitrogens with one attached hydrogen (secondary N) is 2. The first-order valence-electron chi connectivity index (χ1n) is 12.3. The Balaban J connectivity index is 0.00000154. The average Bonchev–Trinajstić information content (AvgIpc) is 2.90. The number of amidine groups is 1. The summed E-state index contributed by atoms with van der Waals surface area (Å²) in [5.74, 6) is -0.315. The van der Waals surface area contributed by atoms with Gasteiger partial charge < -0.3 is 22.1 Å². The molecule has 5 nitrogen and oxygen atoms in total. The van der Waals surface area contributed by atoms with Gasteiger partial charge in [0, 0.05) is 29.1 Å². The van der Waals surface area contributed by atoms with Crippen molar-refractivity contribution in [2.24, 2.45) is 16.5 Å². The standard InChI is InChI=1S/C24H28F4N4.C2H6.CH5N/c1-3-13-30-21-10-9-15(25)14-18(21)22-17(11-12-29)20(4-2)31-23(32-22)16-7-5-6-8-19(16)24(26,27)28;2*1-2/h5-10,14,22,30H,3-4,11-13,29H2,1-2H3,(H,31,32);1-2H3;2H2,1H3. The highest BCUT2D eigenvalue weighted by Gasteiger charge is 2.36. The lowest BCUT2D eigenvalue weighted by atomic mass is 9.90. The molecule has 0 saturated heterocycles. The predicted molar refractivity (Wildman–Crippen MR) is 141 cm³/mol. The van der Waals surface area contributed by atoms with Crippen LogP contribution in [0.4, 0.5) is 23.2 Å². The summed E-state index contributed by atoms with van der Waals surface area (Å²) in [4.78, 5) is 4.69. The number of aliphatic imine (C=N–C) groups is 1. The van der Waals surface area contributed by atoms with Crippen molar-refractivity contribution in [3.63, 3.8) is 0 Å². The zero-order valence-corrected chi connectivity index (χ0v) is 21.8. The molecule has 1 unspecified atom stereocenters. The molecule has 1 aliphatic heterocycles. The van der Waals surface area contributed by atoms with Gasteiger partial charge in [0.2, 0.25) is 0 Å². The average molecular weight is 510 g/mol. The normalized spacial score (nSPS) is 15.1. The molecule has 0 aromatic heterocycles. The highest BCUT2D eigenvalue weighted by molar-refractivity contribution is 6.02. The highest BCUT2D eigenvalue weighted by Crippen LogP contribution is 2.39. The fourth-order valence-electron chi connectivity index (χ4n) is 3.90. The van der Waals surface area contributed by atoms with Crippen LogP contribution in [-0.4, -0.2) is 26.0 Å². The van der Waals surface area contributed by atoms with Gasteiger partial charge in [-0.25, -0.2) is 4.39 Å². The van der Waals surface area contributed by atoms with Gasteiger partial charge in [0.05, 0.1) is 5.56 Å². The van der Waals surface area contributed by atoms with Crippen LogP contribution in [0.15, 0.2) is 58.7 Å². The number of halogens is 4. The van der Waals surface area contributed by atoms with E-state index in [0.29, 0.717) is 37.2 Å². The Labute approximate surface area is 212 Å². The maximum atomic E-state index is 14.3. The van der Waals surface area contributed by atoms with E-state index in [1.54, 1.807) is 12.1 Å². The minimum Gasteiger partial charge on any atom is -0.385 e. The fourth-order valence-corrected chi connectivity index (χ4v) is 3.90. The van der Waals surface area contributed by atoms with Crippen LogP contribution in [0.5, 0.6) is 0 Å². The lowest BCUT2D eigenvalue weighted by molar-refractivity contribution is -0.137. The molecule has 0 radical (unpaired) electrons. The van der Waals surface area contributed by atoms with Gasteiger partial charge in [-0.1, -0.05) is 45.9 Å². The minimum atomic E-state index is -4.53. The molecule has 0 bridgehead atoms.